The highest BCUT2D eigenvalue weighted by molar-refractivity contribution is 7.86. The van der Waals surface area contributed by atoms with E-state index in [0.29, 0.717) is 26.3 Å². The van der Waals surface area contributed by atoms with Crippen molar-refractivity contribution in [2.75, 3.05) is 26.3 Å². The summed E-state index contributed by atoms with van der Waals surface area (Å²) in [7, 11) is -4.69. The van der Waals surface area contributed by atoms with Crippen molar-refractivity contribution in [3.05, 3.63) is 22.7 Å². The first kappa shape index (κ1) is 21.6. The topological polar surface area (TPSA) is 147 Å². The number of aromatic hydroxyl groups is 1. The maximum absolute atomic E-state index is 12.2. The van der Waals surface area contributed by atoms with Gasteiger partial charge in [-0.05, 0) is 18.6 Å². The average Bonchev–Trinajstić information content (AvgIpc) is 2.61. The van der Waals surface area contributed by atoms with Gasteiger partial charge < -0.3 is 20.5 Å². The standard InChI is InChI=1S/C16H21ClN2O7S/c17-11-7-10(15(21)14(9-11)27(23,24)25)8-12(20)1-2-13(18)16(22)19-3-5-26-6-4-19/h7,9,13,21H,1-6,8,18H2,(H,23,24,25). The largest absolute Gasteiger partial charge is 0.506 e. The molecular formula is C16H21ClN2O7S. The van der Waals surface area contributed by atoms with Gasteiger partial charge in [0.05, 0.1) is 19.3 Å². The lowest BCUT2D eigenvalue weighted by Crippen LogP contribution is -2.48. The fourth-order valence-corrected chi connectivity index (χ4v) is 3.68. The highest BCUT2D eigenvalue weighted by atomic mass is 35.5. The molecule has 11 heteroatoms. The average molecular weight is 421 g/mol. The van der Waals surface area contributed by atoms with Crippen LogP contribution in [0.15, 0.2) is 17.0 Å². The molecule has 1 aliphatic rings. The number of benzene rings is 1. The number of ether oxygens (including phenoxy) is 1. The first-order chi connectivity index (χ1) is 12.6. The molecule has 1 aromatic carbocycles. The van der Waals surface area contributed by atoms with Crippen molar-refractivity contribution in [1.82, 2.24) is 4.90 Å². The normalized spacial score (nSPS) is 16.2. The van der Waals surface area contributed by atoms with Gasteiger partial charge >= 0.3 is 0 Å². The van der Waals surface area contributed by atoms with E-state index in [2.05, 4.69) is 0 Å². The zero-order valence-electron chi connectivity index (χ0n) is 14.4. The summed E-state index contributed by atoms with van der Waals surface area (Å²) in [5, 5.41) is 9.93. The number of morpholine rings is 1. The van der Waals surface area contributed by atoms with Crippen molar-refractivity contribution in [2.45, 2.75) is 30.2 Å². The van der Waals surface area contributed by atoms with E-state index in [0.717, 1.165) is 6.07 Å². The van der Waals surface area contributed by atoms with Crippen molar-refractivity contribution >= 4 is 33.4 Å². The third-order valence-corrected chi connectivity index (χ3v) is 5.24. The minimum absolute atomic E-state index is 0.0341. The summed E-state index contributed by atoms with van der Waals surface area (Å²) in [5.74, 6) is -1.35. The molecule has 0 bridgehead atoms. The van der Waals surface area contributed by atoms with Gasteiger partial charge in [0.2, 0.25) is 5.91 Å². The zero-order chi connectivity index (χ0) is 20.2. The minimum Gasteiger partial charge on any atom is -0.506 e. The smallest absolute Gasteiger partial charge is 0.298 e. The van der Waals surface area contributed by atoms with Gasteiger partial charge in [0.15, 0.2) is 0 Å². The quantitative estimate of drug-likeness (QED) is 0.536. The molecule has 0 saturated carbocycles. The predicted octanol–water partition coefficient (Wildman–Crippen LogP) is 0.370. The van der Waals surface area contributed by atoms with Gasteiger partial charge in [-0.2, -0.15) is 8.42 Å². The second-order valence-corrected chi connectivity index (χ2v) is 8.01. The van der Waals surface area contributed by atoms with Crippen molar-refractivity contribution in [2.24, 2.45) is 5.73 Å². The van der Waals surface area contributed by atoms with E-state index in [-0.39, 0.29) is 41.5 Å². The molecule has 0 radical (unpaired) electrons. The van der Waals surface area contributed by atoms with Gasteiger partial charge in [0.25, 0.3) is 10.1 Å². The van der Waals surface area contributed by atoms with E-state index in [1.165, 1.54) is 6.07 Å². The number of nitrogens with two attached hydrogens (primary N) is 1. The number of halogens is 1. The summed E-state index contributed by atoms with van der Waals surface area (Å²) in [6.07, 6.45) is -0.237. The Balaban J connectivity index is 1.98. The number of carbonyl (C=O) groups excluding carboxylic acids is 2. The van der Waals surface area contributed by atoms with E-state index in [9.17, 15) is 23.1 Å². The summed E-state index contributed by atoms with van der Waals surface area (Å²) in [6.45, 7) is 1.80. The van der Waals surface area contributed by atoms with E-state index >= 15 is 0 Å². The fraction of sp³-hybridized carbons (Fsp3) is 0.500. The number of Topliss-reactive ketones (excluding diaryl/α,β-unsaturated/α-hetero) is 1. The Hall–Kier alpha value is -1.72. The van der Waals surface area contributed by atoms with Crippen LogP contribution in [0, 0.1) is 0 Å². The van der Waals surface area contributed by atoms with E-state index in [1.54, 1.807) is 4.90 Å². The van der Waals surface area contributed by atoms with Crippen LogP contribution in [0.5, 0.6) is 5.75 Å². The Morgan fingerprint density at radius 1 is 1.30 bits per heavy atom. The van der Waals surface area contributed by atoms with E-state index in [4.69, 9.17) is 26.6 Å². The van der Waals surface area contributed by atoms with Gasteiger partial charge in [-0.25, -0.2) is 0 Å². The van der Waals surface area contributed by atoms with Crippen LogP contribution in [-0.4, -0.2) is 67.0 Å². The Kier molecular flexibility index (Phi) is 7.18. The van der Waals surface area contributed by atoms with Crippen molar-refractivity contribution < 1.29 is 32.4 Å². The van der Waals surface area contributed by atoms with Crippen LogP contribution in [0.2, 0.25) is 5.02 Å². The zero-order valence-corrected chi connectivity index (χ0v) is 16.0. The number of carbonyl (C=O) groups is 2. The second-order valence-electron chi connectivity index (χ2n) is 6.19. The van der Waals surface area contributed by atoms with Crippen LogP contribution in [0.1, 0.15) is 18.4 Å². The fourth-order valence-electron chi connectivity index (χ4n) is 2.72. The van der Waals surface area contributed by atoms with Gasteiger partial charge in [0, 0.05) is 36.5 Å². The number of phenolic OH excluding ortho intramolecular Hbond substituents is 1. The van der Waals surface area contributed by atoms with Gasteiger partial charge in [-0.1, -0.05) is 11.6 Å². The van der Waals surface area contributed by atoms with Crippen LogP contribution in [0.25, 0.3) is 0 Å². The molecule has 1 saturated heterocycles. The van der Waals surface area contributed by atoms with Crippen molar-refractivity contribution in [3.8, 4) is 5.75 Å². The lowest BCUT2D eigenvalue weighted by atomic mass is 10.0. The molecule has 1 heterocycles. The molecule has 0 spiro atoms. The first-order valence-corrected chi connectivity index (χ1v) is 10.0. The summed E-state index contributed by atoms with van der Waals surface area (Å²) in [4.78, 5) is 25.2. The monoisotopic (exact) mass is 420 g/mol. The van der Waals surface area contributed by atoms with Gasteiger partial charge in [-0.15, -0.1) is 0 Å². The Morgan fingerprint density at radius 2 is 1.93 bits per heavy atom. The molecule has 1 aromatic rings. The molecule has 1 amide bonds. The maximum Gasteiger partial charge on any atom is 0.298 e. The molecule has 1 atom stereocenters. The summed E-state index contributed by atoms with van der Waals surface area (Å²) in [5.41, 5.74) is 5.82. The number of phenols is 1. The minimum atomic E-state index is -4.69. The van der Waals surface area contributed by atoms with Gasteiger partial charge in [-0.3, -0.25) is 14.1 Å². The van der Waals surface area contributed by atoms with E-state index in [1.807, 2.05) is 0 Å². The second kappa shape index (κ2) is 8.98. The Bertz CT molecular complexity index is 822. The van der Waals surface area contributed by atoms with Crippen LogP contribution in [-0.2, 0) is 30.9 Å². The van der Waals surface area contributed by atoms with Crippen LogP contribution in [0.4, 0.5) is 0 Å². The van der Waals surface area contributed by atoms with Crippen molar-refractivity contribution in [1.29, 1.82) is 0 Å². The van der Waals surface area contributed by atoms with Gasteiger partial charge in [0.1, 0.15) is 16.4 Å². The predicted molar refractivity (Wildman–Crippen MR) is 96.3 cm³/mol. The SMILES string of the molecule is NC(CCC(=O)Cc1cc(Cl)cc(S(=O)(=O)O)c1O)C(=O)N1CCOCC1. The van der Waals surface area contributed by atoms with Crippen LogP contribution >= 0.6 is 11.6 Å². The third kappa shape index (κ3) is 5.88. The molecule has 150 valence electrons. The molecule has 1 aliphatic heterocycles. The third-order valence-electron chi connectivity index (χ3n) is 4.16. The molecular weight excluding hydrogens is 400 g/mol. The summed E-state index contributed by atoms with van der Waals surface area (Å²) < 4.78 is 36.8. The molecule has 4 N–H and O–H groups in total. The molecule has 0 aliphatic carbocycles. The van der Waals surface area contributed by atoms with Crippen LogP contribution in [0.3, 0.4) is 0 Å². The van der Waals surface area contributed by atoms with Crippen molar-refractivity contribution in [3.63, 3.8) is 0 Å². The molecule has 1 fully saturated rings. The number of hydrogen-bond acceptors (Lipinski definition) is 7. The highest BCUT2D eigenvalue weighted by Crippen LogP contribution is 2.31. The molecule has 1 unspecified atom stereocenters. The number of ketones is 1. The molecule has 2 rings (SSSR count). The number of hydrogen-bond donors (Lipinski definition) is 3. The lowest BCUT2D eigenvalue weighted by Gasteiger charge is -2.29. The highest BCUT2D eigenvalue weighted by Gasteiger charge is 2.24. The number of nitrogens with zero attached hydrogens (tertiary/aromatic N) is 1. The lowest BCUT2D eigenvalue weighted by molar-refractivity contribution is -0.136. The summed E-state index contributed by atoms with van der Waals surface area (Å²) >= 11 is 5.79. The first-order valence-electron chi connectivity index (χ1n) is 8.22. The Morgan fingerprint density at radius 3 is 2.52 bits per heavy atom. The molecule has 0 aromatic heterocycles. The number of amides is 1. The molecule has 27 heavy (non-hydrogen) atoms. The summed E-state index contributed by atoms with van der Waals surface area (Å²) in [6, 6.07) is 1.28. The van der Waals surface area contributed by atoms with Crippen LogP contribution < -0.4 is 5.73 Å². The molecule has 9 nitrogen and oxygen atoms in total. The van der Waals surface area contributed by atoms with E-state index < -0.39 is 26.8 Å². The maximum atomic E-state index is 12.2. The number of rotatable bonds is 7. The Labute approximate surface area is 161 Å².